The lowest BCUT2D eigenvalue weighted by atomic mass is 10.1. The van der Waals surface area contributed by atoms with Gasteiger partial charge < -0.3 is 15.2 Å². The molecule has 1 saturated carbocycles. The molecular weight excluding hydrogens is 354 g/mol. The number of benzene rings is 1. The third-order valence-corrected chi connectivity index (χ3v) is 6.33. The minimum absolute atomic E-state index is 0.0433. The van der Waals surface area contributed by atoms with Gasteiger partial charge >= 0.3 is 0 Å². The molecular formula is C18H21N3O4S. The van der Waals surface area contributed by atoms with Crippen molar-refractivity contribution in [3.8, 4) is 11.5 Å². The van der Waals surface area contributed by atoms with E-state index in [1.165, 1.54) is 18.9 Å². The van der Waals surface area contributed by atoms with E-state index in [1.807, 2.05) is 4.68 Å². The van der Waals surface area contributed by atoms with Crippen LogP contribution < -0.4 is 15.6 Å². The zero-order valence-corrected chi connectivity index (χ0v) is 15.3. The van der Waals surface area contributed by atoms with Crippen LogP contribution in [-0.2, 0) is 4.79 Å². The van der Waals surface area contributed by atoms with Gasteiger partial charge in [0.15, 0.2) is 11.5 Å². The van der Waals surface area contributed by atoms with Gasteiger partial charge in [-0.05, 0) is 30.5 Å². The van der Waals surface area contributed by atoms with E-state index < -0.39 is 0 Å². The van der Waals surface area contributed by atoms with Gasteiger partial charge in [0.25, 0.3) is 5.56 Å². The summed E-state index contributed by atoms with van der Waals surface area (Å²) in [5.41, 5.74) is 1.19. The van der Waals surface area contributed by atoms with E-state index in [2.05, 4.69) is 10.4 Å². The Bertz CT molecular complexity index is 898. The van der Waals surface area contributed by atoms with Gasteiger partial charge in [-0.15, -0.1) is 11.8 Å². The molecule has 1 aliphatic carbocycles. The number of anilines is 1. The number of aromatic nitrogens is 2. The number of hydrogen-bond acceptors (Lipinski definition) is 5. The van der Waals surface area contributed by atoms with Crippen LogP contribution in [0.4, 0.5) is 5.82 Å². The zero-order valence-electron chi connectivity index (χ0n) is 14.4. The maximum Gasteiger partial charge on any atom is 0.270 e. The smallest absolute Gasteiger partial charge is 0.270 e. The average molecular weight is 375 g/mol. The Labute approximate surface area is 154 Å². The molecule has 0 spiro atoms. The SMILES string of the molecule is COc1cc([C@H]2SCC(=O)Nc3c2c(=O)[nH]n3C2CCCC2)ccc1O. The number of aromatic amines is 1. The molecule has 138 valence electrons. The van der Waals surface area contributed by atoms with Crippen LogP contribution in [0, 0.1) is 0 Å². The minimum Gasteiger partial charge on any atom is -0.504 e. The highest BCUT2D eigenvalue weighted by Gasteiger charge is 2.33. The van der Waals surface area contributed by atoms with Crippen LogP contribution >= 0.6 is 11.8 Å². The van der Waals surface area contributed by atoms with Crippen molar-refractivity contribution >= 4 is 23.5 Å². The number of phenolic OH excluding ortho intramolecular Hbond substituents is 1. The quantitative estimate of drug-likeness (QED) is 0.767. The maximum atomic E-state index is 12.8. The van der Waals surface area contributed by atoms with Crippen LogP contribution in [0.1, 0.15) is 48.1 Å². The van der Waals surface area contributed by atoms with Crippen molar-refractivity contribution in [3.05, 3.63) is 39.7 Å². The lowest BCUT2D eigenvalue weighted by Crippen LogP contribution is -2.18. The lowest BCUT2D eigenvalue weighted by Gasteiger charge is -2.17. The molecule has 26 heavy (non-hydrogen) atoms. The van der Waals surface area contributed by atoms with Gasteiger partial charge in [0.2, 0.25) is 5.91 Å². The summed E-state index contributed by atoms with van der Waals surface area (Å²) in [5, 5.41) is 15.4. The summed E-state index contributed by atoms with van der Waals surface area (Å²) < 4.78 is 7.05. The number of methoxy groups -OCH3 is 1. The molecule has 7 nitrogen and oxygen atoms in total. The van der Waals surface area contributed by atoms with Gasteiger partial charge in [-0.3, -0.25) is 19.4 Å². The van der Waals surface area contributed by atoms with Crippen molar-refractivity contribution in [1.82, 2.24) is 9.78 Å². The number of H-pyrrole nitrogens is 1. The number of carbonyl (C=O) groups excluding carboxylic acids is 1. The van der Waals surface area contributed by atoms with Crippen molar-refractivity contribution in [2.45, 2.75) is 37.0 Å². The van der Waals surface area contributed by atoms with Crippen molar-refractivity contribution in [1.29, 1.82) is 0 Å². The normalized spacial score (nSPS) is 20.5. The average Bonchev–Trinajstić information content (AvgIpc) is 3.21. The fraction of sp³-hybridized carbons (Fsp3) is 0.444. The van der Waals surface area contributed by atoms with Gasteiger partial charge in [-0.1, -0.05) is 18.9 Å². The molecule has 2 aliphatic rings. The first-order valence-electron chi connectivity index (χ1n) is 8.71. The molecule has 1 fully saturated rings. The van der Waals surface area contributed by atoms with Crippen LogP contribution in [0.3, 0.4) is 0 Å². The molecule has 1 amide bonds. The van der Waals surface area contributed by atoms with Gasteiger partial charge in [0.1, 0.15) is 5.82 Å². The Balaban J connectivity index is 1.84. The Hall–Kier alpha value is -2.35. The van der Waals surface area contributed by atoms with E-state index in [0.29, 0.717) is 17.1 Å². The molecule has 4 rings (SSSR count). The summed E-state index contributed by atoms with van der Waals surface area (Å²) in [4.78, 5) is 25.0. The van der Waals surface area contributed by atoms with Crippen molar-refractivity contribution in [2.24, 2.45) is 0 Å². The Kier molecular flexibility index (Phi) is 4.44. The van der Waals surface area contributed by atoms with Gasteiger partial charge in [-0.2, -0.15) is 0 Å². The van der Waals surface area contributed by atoms with Gasteiger partial charge in [0, 0.05) is 0 Å². The van der Waals surface area contributed by atoms with E-state index in [4.69, 9.17) is 4.74 Å². The summed E-state index contributed by atoms with van der Waals surface area (Å²) in [5.74, 6) is 1.11. The van der Waals surface area contributed by atoms with Crippen LogP contribution in [0.2, 0.25) is 0 Å². The molecule has 1 aromatic carbocycles. The van der Waals surface area contributed by atoms with Gasteiger partial charge in [-0.25, -0.2) is 0 Å². The van der Waals surface area contributed by atoms with Crippen LogP contribution in [0.15, 0.2) is 23.0 Å². The van der Waals surface area contributed by atoms with E-state index in [1.54, 1.807) is 18.2 Å². The topological polar surface area (TPSA) is 96.4 Å². The second-order valence-electron chi connectivity index (χ2n) is 6.68. The monoisotopic (exact) mass is 375 g/mol. The molecule has 0 unspecified atom stereocenters. The highest BCUT2D eigenvalue weighted by molar-refractivity contribution is 8.00. The number of phenols is 1. The maximum absolute atomic E-state index is 12.8. The lowest BCUT2D eigenvalue weighted by molar-refractivity contribution is -0.113. The predicted molar refractivity (Wildman–Crippen MR) is 100 cm³/mol. The van der Waals surface area contributed by atoms with E-state index in [-0.39, 0.29) is 34.3 Å². The third kappa shape index (κ3) is 2.88. The van der Waals surface area contributed by atoms with Gasteiger partial charge in [0.05, 0.1) is 29.7 Å². The van der Waals surface area contributed by atoms with Crippen molar-refractivity contribution in [2.75, 3.05) is 18.2 Å². The number of rotatable bonds is 3. The molecule has 1 aliphatic heterocycles. The first-order chi connectivity index (χ1) is 12.6. The molecule has 1 atom stereocenters. The first kappa shape index (κ1) is 17.1. The van der Waals surface area contributed by atoms with Crippen LogP contribution in [0.25, 0.3) is 0 Å². The molecule has 0 saturated heterocycles. The number of carbonyl (C=O) groups is 1. The fourth-order valence-electron chi connectivity index (χ4n) is 3.80. The Morgan fingerprint density at radius 3 is 2.77 bits per heavy atom. The highest BCUT2D eigenvalue weighted by Crippen LogP contribution is 2.43. The first-order valence-corrected chi connectivity index (χ1v) is 9.76. The largest absolute Gasteiger partial charge is 0.504 e. The van der Waals surface area contributed by atoms with E-state index >= 15 is 0 Å². The van der Waals surface area contributed by atoms with E-state index in [0.717, 1.165) is 31.2 Å². The number of fused-ring (bicyclic) bond motifs is 1. The summed E-state index contributed by atoms with van der Waals surface area (Å²) >= 11 is 1.40. The van der Waals surface area contributed by atoms with Crippen molar-refractivity contribution < 1.29 is 14.6 Å². The van der Waals surface area contributed by atoms with Crippen molar-refractivity contribution in [3.63, 3.8) is 0 Å². The Morgan fingerprint density at radius 2 is 2.04 bits per heavy atom. The minimum atomic E-state index is -0.315. The number of nitrogens with one attached hydrogen (secondary N) is 2. The number of nitrogens with zero attached hydrogens (tertiary/aromatic N) is 1. The molecule has 2 heterocycles. The second-order valence-corrected chi connectivity index (χ2v) is 7.78. The summed E-state index contributed by atoms with van der Waals surface area (Å²) in [6, 6.07) is 5.25. The summed E-state index contributed by atoms with van der Waals surface area (Å²) in [6.45, 7) is 0. The Morgan fingerprint density at radius 1 is 1.27 bits per heavy atom. The fourth-order valence-corrected chi connectivity index (χ4v) is 4.92. The zero-order chi connectivity index (χ0) is 18.3. The number of hydrogen-bond donors (Lipinski definition) is 3. The predicted octanol–water partition coefficient (Wildman–Crippen LogP) is 2.78. The number of ether oxygens (including phenoxy) is 1. The number of amides is 1. The standard InChI is InChI=1S/C18H21N3O4S/c1-25-13-8-10(6-7-12(13)22)16-15-17(19-14(23)9-26-16)21(20-18(15)24)11-4-2-3-5-11/h6-8,11,16,22H,2-5,9H2,1H3,(H,19,23)(H,20,24)/t16-/m1/s1. The summed E-state index contributed by atoms with van der Waals surface area (Å²) in [6.07, 6.45) is 4.25. The van der Waals surface area contributed by atoms with Crippen LogP contribution in [-0.4, -0.2) is 33.7 Å². The molecule has 2 aromatic rings. The molecule has 8 heteroatoms. The van der Waals surface area contributed by atoms with Crippen LogP contribution in [0.5, 0.6) is 11.5 Å². The molecule has 1 aromatic heterocycles. The molecule has 3 N–H and O–H groups in total. The van der Waals surface area contributed by atoms with E-state index in [9.17, 15) is 14.7 Å². The second kappa shape index (κ2) is 6.75. The number of thioether (sulfide) groups is 1. The number of aromatic hydroxyl groups is 1. The summed E-state index contributed by atoms with van der Waals surface area (Å²) in [7, 11) is 1.49. The third-order valence-electron chi connectivity index (χ3n) is 5.06. The highest BCUT2D eigenvalue weighted by atomic mass is 32.2. The molecule has 0 bridgehead atoms. The molecule has 0 radical (unpaired) electrons.